The van der Waals surface area contributed by atoms with Gasteiger partial charge in [0.25, 0.3) is 0 Å². The molecule has 80 valence electrons. The average molecular weight is 306 g/mol. The summed E-state index contributed by atoms with van der Waals surface area (Å²) in [4.78, 5) is 0. The van der Waals surface area contributed by atoms with Gasteiger partial charge in [-0.15, -0.1) is 0 Å². The summed E-state index contributed by atoms with van der Waals surface area (Å²) in [5, 5.41) is 10.2. The maximum atomic E-state index is 10.2. The molecule has 2 rings (SSSR count). The highest BCUT2D eigenvalue weighted by molar-refractivity contribution is 14.1. The highest BCUT2D eigenvalue weighted by atomic mass is 127. The topological polar surface area (TPSA) is 20.2 Å². The Kier molecular flexibility index (Phi) is 2.51. The third-order valence-corrected chi connectivity index (χ3v) is 6.07. The largest absolute Gasteiger partial charge is 0.392 e. The lowest BCUT2D eigenvalue weighted by molar-refractivity contribution is -0.0622. The second kappa shape index (κ2) is 3.21. The lowest BCUT2D eigenvalue weighted by Crippen LogP contribution is -2.48. The second-order valence-corrected chi connectivity index (χ2v) is 6.83. The quantitative estimate of drug-likeness (QED) is 0.679. The van der Waals surface area contributed by atoms with Crippen molar-refractivity contribution in [2.75, 3.05) is 0 Å². The van der Waals surface area contributed by atoms with Crippen LogP contribution in [0.25, 0.3) is 0 Å². The van der Waals surface area contributed by atoms with Gasteiger partial charge in [-0.1, -0.05) is 26.8 Å². The van der Waals surface area contributed by atoms with E-state index in [-0.39, 0.29) is 11.5 Å². The van der Waals surface area contributed by atoms with Gasteiger partial charge in [-0.05, 0) is 56.8 Å². The van der Waals surface area contributed by atoms with Gasteiger partial charge in [-0.3, -0.25) is 0 Å². The highest BCUT2D eigenvalue weighted by Gasteiger charge is 2.54. The van der Waals surface area contributed by atoms with Crippen LogP contribution in [0.15, 0.2) is 9.66 Å². The summed E-state index contributed by atoms with van der Waals surface area (Å²) < 4.78 is 1.38. The van der Waals surface area contributed by atoms with Crippen molar-refractivity contribution < 1.29 is 5.11 Å². The zero-order chi connectivity index (χ0) is 10.6. The predicted octanol–water partition coefficient (Wildman–Crippen LogP) is 3.51. The first-order valence-corrected chi connectivity index (χ1v) is 6.51. The first-order chi connectivity index (χ1) is 6.39. The molecular formula is C12H19IO. The van der Waals surface area contributed by atoms with E-state index in [2.05, 4.69) is 49.4 Å². The molecule has 0 aliphatic heterocycles. The van der Waals surface area contributed by atoms with E-state index in [1.165, 1.54) is 3.58 Å². The number of aliphatic hydroxyl groups excluding tert-OH is 1. The van der Waals surface area contributed by atoms with Crippen LogP contribution < -0.4 is 0 Å². The van der Waals surface area contributed by atoms with Crippen LogP contribution in [0.1, 0.15) is 40.0 Å². The number of rotatable bonds is 0. The van der Waals surface area contributed by atoms with Crippen LogP contribution in [-0.2, 0) is 0 Å². The Labute approximate surface area is 100 Å². The fraction of sp³-hybridized carbons (Fsp3) is 0.833. The van der Waals surface area contributed by atoms with Gasteiger partial charge in [0.2, 0.25) is 0 Å². The maximum absolute atomic E-state index is 10.2. The van der Waals surface area contributed by atoms with Gasteiger partial charge in [0, 0.05) is 5.41 Å². The van der Waals surface area contributed by atoms with Gasteiger partial charge in [-0.25, -0.2) is 0 Å². The molecular weight excluding hydrogens is 287 g/mol. The van der Waals surface area contributed by atoms with E-state index in [1.807, 2.05) is 0 Å². The van der Waals surface area contributed by atoms with Crippen molar-refractivity contribution in [3.63, 3.8) is 0 Å². The molecule has 1 fully saturated rings. The van der Waals surface area contributed by atoms with E-state index in [0.717, 1.165) is 19.3 Å². The molecule has 0 heterocycles. The number of fused-ring (bicyclic) bond motifs is 1. The van der Waals surface area contributed by atoms with E-state index in [4.69, 9.17) is 0 Å². The lowest BCUT2D eigenvalue weighted by Gasteiger charge is -2.50. The third-order valence-electron chi connectivity index (χ3n) is 4.47. The predicted molar refractivity (Wildman–Crippen MR) is 67.3 cm³/mol. The molecule has 1 N–H and O–H groups in total. The Hall–Kier alpha value is 0.430. The molecule has 14 heavy (non-hydrogen) atoms. The fourth-order valence-corrected chi connectivity index (χ4v) is 4.35. The summed E-state index contributed by atoms with van der Waals surface area (Å²) in [6.45, 7) is 6.95. The summed E-state index contributed by atoms with van der Waals surface area (Å²) >= 11 is 2.42. The molecule has 0 bridgehead atoms. The molecule has 0 radical (unpaired) electrons. The molecule has 0 aromatic heterocycles. The van der Waals surface area contributed by atoms with Crippen molar-refractivity contribution in [3.05, 3.63) is 9.66 Å². The molecule has 2 aliphatic carbocycles. The molecule has 0 aromatic carbocycles. The molecule has 0 aromatic rings. The lowest BCUT2D eigenvalue weighted by atomic mass is 9.57. The van der Waals surface area contributed by atoms with Crippen molar-refractivity contribution in [1.29, 1.82) is 0 Å². The van der Waals surface area contributed by atoms with Crippen molar-refractivity contribution in [3.8, 4) is 0 Å². The Morgan fingerprint density at radius 3 is 2.64 bits per heavy atom. The van der Waals surface area contributed by atoms with Gasteiger partial charge in [0.1, 0.15) is 0 Å². The summed E-state index contributed by atoms with van der Waals surface area (Å²) in [6, 6.07) is 0. The Balaban J connectivity index is 2.39. The van der Waals surface area contributed by atoms with Crippen LogP contribution in [-0.4, -0.2) is 11.2 Å². The summed E-state index contributed by atoms with van der Waals surface area (Å²) in [7, 11) is 0. The molecule has 3 atom stereocenters. The molecule has 0 spiro atoms. The summed E-state index contributed by atoms with van der Waals surface area (Å²) in [5.74, 6) is 0.630. The minimum Gasteiger partial charge on any atom is -0.392 e. The molecule has 2 heteroatoms. The normalized spacial score (nSPS) is 45.9. The number of hydrogen-bond donors (Lipinski definition) is 1. The molecule has 0 unspecified atom stereocenters. The van der Waals surface area contributed by atoms with Crippen molar-refractivity contribution in [2.45, 2.75) is 46.1 Å². The number of halogens is 1. The zero-order valence-corrected chi connectivity index (χ0v) is 11.3. The van der Waals surface area contributed by atoms with Crippen LogP contribution in [0.5, 0.6) is 0 Å². The standard InChI is InChI=1S/C12H19IO/c1-11(2)7-6-10(14)12(3)8(11)4-5-9(12)13/h5,8,10,14H,4,6-7H2,1-3H3/t8-,10-,12+/m0/s1. The maximum Gasteiger partial charge on any atom is 0.0641 e. The Morgan fingerprint density at radius 2 is 2.07 bits per heavy atom. The monoisotopic (exact) mass is 306 g/mol. The first-order valence-electron chi connectivity index (χ1n) is 5.43. The van der Waals surface area contributed by atoms with E-state index >= 15 is 0 Å². The van der Waals surface area contributed by atoms with Crippen LogP contribution in [0.4, 0.5) is 0 Å². The molecule has 1 saturated carbocycles. The zero-order valence-electron chi connectivity index (χ0n) is 9.18. The minimum absolute atomic E-state index is 0.0440. The number of hydrogen-bond acceptors (Lipinski definition) is 1. The van der Waals surface area contributed by atoms with Crippen LogP contribution in [0.2, 0.25) is 0 Å². The second-order valence-electron chi connectivity index (χ2n) is 5.67. The van der Waals surface area contributed by atoms with Gasteiger partial charge in [-0.2, -0.15) is 0 Å². The van der Waals surface area contributed by atoms with Crippen LogP contribution in [0, 0.1) is 16.7 Å². The molecule has 2 aliphatic rings. The molecule has 1 nitrogen and oxygen atoms in total. The van der Waals surface area contributed by atoms with E-state index in [0.29, 0.717) is 11.3 Å². The van der Waals surface area contributed by atoms with E-state index in [9.17, 15) is 5.11 Å². The van der Waals surface area contributed by atoms with Crippen molar-refractivity contribution in [2.24, 2.45) is 16.7 Å². The molecule has 0 amide bonds. The van der Waals surface area contributed by atoms with Gasteiger partial charge >= 0.3 is 0 Å². The fourth-order valence-electron chi connectivity index (χ4n) is 3.36. The summed E-state index contributed by atoms with van der Waals surface area (Å²) in [5.41, 5.74) is 0.430. The first kappa shape index (κ1) is 10.9. The SMILES string of the molecule is CC1(C)CC[C@H](O)[C@@]2(C)C(I)=CC[C@@H]12. The van der Waals surface area contributed by atoms with Crippen LogP contribution in [0.3, 0.4) is 0 Å². The Morgan fingerprint density at radius 1 is 1.43 bits per heavy atom. The highest BCUT2D eigenvalue weighted by Crippen LogP contribution is 2.60. The van der Waals surface area contributed by atoms with Crippen molar-refractivity contribution in [1.82, 2.24) is 0 Å². The smallest absolute Gasteiger partial charge is 0.0641 e. The third kappa shape index (κ3) is 1.29. The van der Waals surface area contributed by atoms with Gasteiger partial charge < -0.3 is 5.11 Å². The minimum atomic E-state index is -0.133. The number of aliphatic hydroxyl groups is 1. The average Bonchev–Trinajstić information content (AvgIpc) is 2.40. The Bertz CT molecular complexity index is 282. The van der Waals surface area contributed by atoms with Gasteiger partial charge in [0.15, 0.2) is 0 Å². The number of allylic oxidation sites excluding steroid dienone is 1. The van der Waals surface area contributed by atoms with E-state index < -0.39 is 0 Å². The van der Waals surface area contributed by atoms with Crippen LogP contribution >= 0.6 is 22.6 Å². The van der Waals surface area contributed by atoms with E-state index in [1.54, 1.807) is 0 Å². The molecule has 0 saturated heterocycles. The summed E-state index contributed by atoms with van der Waals surface area (Å²) in [6.07, 6.45) is 5.46. The van der Waals surface area contributed by atoms with Gasteiger partial charge in [0.05, 0.1) is 6.10 Å². The van der Waals surface area contributed by atoms with Crippen molar-refractivity contribution >= 4 is 22.6 Å².